The number of hydrogen-bond acceptors (Lipinski definition) is 7. The number of alkyl halides is 2. The van der Waals surface area contributed by atoms with Gasteiger partial charge in [-0.25, -0.2) is 23.5 Å². The van der Waals surface area contributed by atoms with Gasteiger partial charge in [-0.1, -0.05) is 24.3 Å². The molecule has 1 atom stereocenters. The molecule has 12 heteroatoms. The maximum absolute atomic E-state index is 15.7. The lowest BCUT2D eigenvalue weighted by Gasteiger charge is -2.35. The summed E-state index contributed by atoms with van der Waals surface area (Å²) < 4.78 is 38.5. The first kappa shape index (κ1) is 33.0. The molecular formula is C34H40F2N6O4. The number of likely N-dealkylation sites (tertiary alicyclic amines) is 1. The molecule has 2 aromatic heterocycles. The predicted octanol–water partition coefficient (Wildman–Crippen LogP) is 6.37. The van der Waals surface area contributed by atoms with Crippen LogP contribution in [0.15, 0.2) is 54.1 Å². The minimum Gasteiger partial charge on any atom is -0.465 e. The van der Waals surface area contributed by atoms with Gasteiger partial charge in [-0.2, -0.15) is 5.26 Å². The van der Waals surface area contributed by atoms with Gasteiger partial charge in [-0.15, -0.1) is 6.58 Å². The van der Waals surface area contributed by atoms with Gasteiger partial charge < -0.3 is 20.1 Å². The third-order valence-electron chi connectivity index (χ3n) is 9.40. The first-order valence-corrected chi connectivity index (χ1v) is 15.8. The smallest absolute Gasteiger partial charge is 0.407 e. The highest BCUT2D eigenvalue weighted by molar-refractivity contribution is 5.87. The number of benzene rings is 1. The number of fused-ring (bicyclic) bond motifs is 1. The number of halogens is 2. The van der Waals surface area contributed by atoms with E-state index in [1.165, 1.54) is 23.4 Å². The molecule has 2 N–H and O–H groups in total. The molecule has 3 aromatic rings. The number of nitrogens with one attached hydrogen (secondary N) is 1. The SMILES string of the molecule is C=CCCCCn1c(=O)c(C2(C#N)CCOCC2)cc2c(N[C@H](C)c3cccc(C(F)(F)C4CCN(C(=O)O)CC4)c3)ncnc21. The molecule has 46 heavy (non-hydrogen) atoms. The van der Waals surface area contributed by atoms with Crippen LogP contribution in [0.25, 0.3) is 11.0 Å². The van der Waals surface area contributed by atoms with Crippen LogP contribution in [0.3, 0.4) is 0 Å². The van der Waals surface area contributed by atoms with Crippen LogP contribution in [0.5, 0.6) is 0 Å². The number of aryl methyl sites for hydroxylation is 1. The molecule has 0 spiro atoms. The molecule has 2 aliphatic heterocycles. The Hall–Kier alpha value is -4.37. The van der Waals surface area contributed by atoms with Crippen LogP contribution in [0.2, 0.25) is 0 Å². The lowest BCUT2D eigenvalue weighted by atomic mass is 9.75. The van der Waals surface area contributed by atoms with Gasteiger partial charge in [0.05, 0.1) is 16.9 Å². The van der Waals surface area contributed by atoms with Gasteiger partial charge >= 0.3 is 6.09 Å². The number of nitriles is 1. The number of allylic oxidation sites excluding steroid dienone is 1. The summed E-state index contributed by atoms with van der Waals surface area (Å²) in [5, 5.41) is 23.4. The number of piperidine rings is 1. The molecule has 2 saturated heterocycles. The van der Waals surface area contributed by atoms with Gasteiger partial charge in [0.1, 0.15) is 17.8 Å². The molecule has 2 fully saturated rings. The molecule has 0 unspecified atom stereocenters. The van der Waals surface area contributed by atoms with Crippen molar-refractivity contribution in [1.82, 2.24) is 19.4 Å². The zero-order chi connectivity index (χ0) is 32.9. The minimum atomic E-state index is -3.13. The summed E-state index contributed by atoms with van der Waals surface area (Å²) in [5.41, 5.74) is 0.0529. The van der Waals surface area contributed by atoms with E-state index in [-0.39, 0.29) is 37.1 Å². The quantitative estimate of drug-likeness (QED) is 0.184. The van der Waals surface area contributed by atoms with E-state index >= 15 is 8.78 Å². The third-order valence-corrected chi connectivity index (χ3v) is 9.40. The van der Waals surface area contributed by atoms with Gasteiger partial charge in [0.15, 0.2) is 0 Å². The molecule has 0 aliphatic carbocycles. The van der Waals surface area contributed by atoms with Crippen molar-refractivity contribution in [3.63, 3.8) is 0 Å². The summed E-state index contributed by atoms with van der Waals surface area (Å²) in [6.45, 7) is 6.93. The van der Waals surface area contributed by atoms with E-state index in [1.807, 2.05) is 13.0 Å². The van der Waals surface area contributed by atoms with Crippen molar-refractivity contribution in [2.75, 3.05) is 31.6 Å². The Labute approximate surface area is 266 Å². The van der Waals surface area contributed by atoms with Crippen molar-refractivity contribution in [3.8, 4) is 6.07 Å². The highest BCUT2D eigenvalue weighted by Crippen LogP contribution is 2.42. The number of anilines is 1. The van der Waals surface area contributed by atoms with Gasteiger partial charge in [-0.05, 0) is 69.6 Å². The molecule has 10 nitrogen and oxygen atoms in total. The Balaban J connectivity index is 1.48. The molecule has 2 aliphatic rings. The van der Waals surface area contributed by atoms with Crippen LogP contribution >= 0.6 is 0 Å². The third kappa shape index (κ3) is 6.60. The monoisotopic (exact) mass is 634 g/mol. The van der Waals surface area contributed by atoms with Crippen molar-refractivity contribution in [3.05, 3.63) is 76.4 Å². The van der Waals surface area contributed by atoms with E-state index in [2.05, 4.69) is 27.9 Å². The average Bonchev–Trinajstić information content (AvgIpc) is 3.07. The van der Waals surface area contributed by atoms with E-state index < -0.39 is 29.4 Å². The predicted molar refractivity (Wildman–Crippen MR) is 170 cm³/mol. The fourth-order valence-electron chi connectivity index (χ4n) is 6.54. The lowest BCUT2D eigenvalue weighted by molar-refractivity contribution is -0.0836. The van der Waals surface area contributed by atoms with E-state index in [0.717, 1.165) is 12.8 Å². The molecule has 0 bridgehead atoms. The summed E-state index contributed by atoms with van der Waals surface area (Å²) in [4.78, 5) is 35.3. The molecule has 1 aromatic carbocycles. The van der Waals surface area contributed by atoms with Crippen LogP contribution in [0.4, 0.5) is 19.4 Å². The van der Waals surface area contributed by atoms with Crippen LogP contribution in [-0.2, 0) is 22.6 Å². The number of hydrogen-bond donors (Lipinski definition) is 2. The number of amides is 1. The molecule has 244 valence electrons. The van der Waals surface area contributed by atoms with E-state index in [1.54, 1.807) is 22.8 Å². The second kappa shape index (κ2) is 14.0. The second-order valence-electron chi connectivity index (χ2n) is 12.2. The van der Waals surface area contributed by atoms with Gasteiger partial charge in [-0.3, -0.25) is 9.36 Å². The maximum atomic E-state index is 15.7. The standard InChI is InChI=1S/C34H40F2N6O4/c1-3-4-5-6-14-42-30-27(20-28(31(42)43)33(21-37)12-17-46-18-13-33)29(38-22-39-30)40-23(2)24-8-7-9-26(19-24)34(35,36)25-10-15-41(16-11-25)32(44)45/h3,7-9,19-20,22-23,25H,1,4-6,10-18H2,2H3,(H,44,45)(H,38,39,40)/t23-/m1/s1. The average molecular weight is 635 g/mol. The zero-order valence-electron chi connectivity index (χ0n) is 26.1. The Bertz CT molecular complexity index is 1670. The summed E-state index contributed by atoms with van der Waals surface area (Å²) in [7, 11) is 0. The van der Waals surface area contributed by atoms with Crippen molar-refractivity contribution >= 4 is 22.9 Å². The number of carboxylic acid groups (broad SMARTS) is 1. The number of ether oxygens (including phenoxy) is 1. The van der Waals surface area contributed by atoms with Crippen molar-refractivity contribution in [2.45, 2.75) is 75.8 Å². The molecule has 0 radical (unpaired) electrons. The highest BCUT2D eigenvalue weighted by atomic mass is 19.3. The van der Waals surface area contributed by atoms with Gasteiger partial charge in [0.2, 0.25) is 0 Å². The van der Waals surface area contributed by atoms with Crippen LogP contribution < -0.4 is 10.9 Å². The fourth-order valence-corrected chi connectivity index (χ4v) is 6.54. The van der Waals surface area contributed by atoms with Crippen molar-refractivity contribution in [2.24, 2.45) is 5.92 Å². The summed E-state index contributed by atoms with van der Waals surface area (Å²) >= 11 is 0. The number of unbranched alkanes of at least 4 members (excludes halogenated alkanes) is 2. The van der Waals surface area contributed by atoms with Crippen molar-refractivity contribution < 1.29 is 23.4 Å². The van der Waals surface area contributed by atoms with Crippen LogP contribution in [0.1, 0.15) is 74.6 Å². The van der Waals surface area contributed by atoms with E-state index in [4.69, 9.17) is 4.74 Å². The summed E-state index contributed by atoms with van der Waals surface area (Å²) in [5.74, 6) is -3.67. The Kier molecular flexibility index (Phi) is 10.0. The Morgan fingerprint density at radius 1 is 1.26 bits per heavy atom. The maximum Gasteiger partial charge on any atom is 0.407 e. The van der Waals surface area contributed by atoms with Crippen LogP contribution in [0, 0.1) is 17.2 Å². The number of aromatic nitrogens is 3. The number of nitrogens with zero attached hydrogens (tertiary/aromatic N) is 5. The largest absolute Gasteiger partial charge is 0.465 e. The number of carbonyl (C=O) groups is 1. The molecule has 4 heterocycles. The van der Waals surface area contributed by atoms with E-state index in [9.17, 15) is 20.0 Å². The summed E-state index contributed by atoms with van der Waals surface area (Å²) in [6.07, 6.45) is 5.43. The van der Waals surface area contributed by atoms with Crippen molar-refractivity contribution in [1.29, 1.82) is 5.26 Å². The fraction of sp³-hybridized carbons (Fsp3) is 0.500. The lowest BCUT2D eigenvalue weighted by Crippen LogP contribution is -2.41. The van der Waals surface area contributed by atoms with E-state index in [0.29, 0.717) is 67.0 Å². The first-order valence-electron chi connectivity index (χ1n) is 15.8. The first-order chi connectivity index (χ1) is 22.1. The number of pyridine rings is 1. The topological polar surface area (TPSA) is 133 Å². The van der Waals surface area contributed by atoms with Gasteiger partial charge in [0.25, 0.3) is 11.5 Å². The van der Waals surface area contributed by atoms with Crippen LogP contribution in [-0.4, -0.2) is 56.9 Å². The minimum absolute atomic E-state index is 0.0788. The number of rotatable bonds is 11. The molecule has 1 amide bonds. The molecule has 0 saturated carbocycles. The van der Waals surface area contributed by atoms with Gasteiger partial charge in [0, 0.05) is 55.9 Å². The Morgan fingerprint density at radius 2 is 2.00 bits per heavy atom. The highest BCUT2D eigenvalue weighted by Gasteiger charge is 2.43. The second-order valence-corrected chi connectivity index (χ2v) is 12.2. The molecular weight excluding hydrogens is 594 g/mol. The Morgan fingerprint density at radius 3 is 2.67 bits per heavy atom. The normalized spacial score (nSPS) is 17.7. The zero-order valence-corrected chi connectivity index (χ0v) is 26.1. The molecule has 5 rings (SSSR count). The summed E-state index contributed by atoms with van der Waals surface area (Å²) in [6, 6.07) is 9.94.